The molecule has 2 aromatic carbocycles. The van der Waals surface area contributed by atoms with Gasteiger partial charge in [-0.05, 0) is 48.5 Å². The van der Waals surface area contributed by atoms with E-state index in [4.69, 9.17) is 9.47 Å². The van der Waals surface area contributed by atoms with Gasteiger partial charge in [0.15, 0.2) is 16.6 Å². The van der Waals surface area contributed by atoms with E-state index >= 15 is 0 Å². The Bertz CT molecular complexity index is 1550. The average molecular weight is 512 g/mol. The quantitative estimate of drug-likeness (QED) is 0.386. The summed E-state index contributed by atoms with van der Waals surface area (Å²) in [4.78, 5) is 28.7. The molecule has 11 nitrogen and oxygen atoms in total. The van der Waals surface area contributed by atoms with Crippen LogP contribution in [-0.2, 0) is 21.4 Å². The van der Waals surface area contributed by atoms with Crippen LogP contribution in [0.4, 0.5) is 10.8 Å². The first-order valence-electron chi connectivity index (χ1n) is 10.2. The summed E-state index contributed by atoms with van der Waals surface area (Å²) >= 11 is 1.16. The van der Waals surface area contributed by atoms with E-state index in [1.807, 2.05) is 0 Å². The summed E-state index contributed by atoms with van der Waals surface area (Å²) in [6.07, 6.45) is 1.49. The fourth-order valence-electron chi connectivity index (χ4n) is 3.27. The van der Waals surface area contributed by atoms with Crippen molar-refractivity contribution >= 4 is 38.1 Å². The van der Waals surface area contributed by atoms with Crippen LogP contribution in [0.3, 0.4) is 0 Å². The maximum atomic E-state index is 12.5. The Morgan fingerprint density at radius 3 is 2.63 bits per heavy atom. The Hall–Kier alpha value is -4.23. The number of hydrogen-bond donors (Lipinski definition) is 2. The number of aromatic nitrogens is 3. The van der Waals surface area contributed by atoms with Crippen molar-refractivity contribution < 1.29 is 22.7 Å². The Morgan fingerprint density at radius 2 is 1.86 bits per heavy atom. The number of rotatable bonds is 7. The zero-order chi connectivity index (χ0) is 24.4. The van der Waals surface area contributed by atoms with Crippen LogP contribution >= 0.6 is 11.3 Å². The molecule has 35 heavy (non-hydrogen) atoms. The van der Waals surface area contributed by atoms with Gasteiger partial charge >= 0.3 is 0 Å². The minimum Gasteiger partial charge on any atom is -0.454 e. The molecule has 1 amide bonds. The van der Waals surface area contributed by atoms with Crippen LogP contribution in [0.25, 0.3) is 11.3 Å². The monoisotopic (exact) mass is 511 g/mol. The van der Waals surface area contributed by atoms with Crippen molar-refractivity contribution in [2.24, 2.45) is 0 Å². The van der Waals surface area contributed by atoms with E-state index < -0.39 is 21.5 Å². The summed E-state index contributed by atoms with van der Waals surface area (Å²) in [5, 5.41) is 8.83. The van der Waals surface area contributed by atoms with Crippen LogP contribution < -0.4 is 25.1 Å². The number of nitrogens with one attached hydrogen (secondary N) is 2. The number of nitrogens with zero attached hydrogens (tertiary/aromatic N) is 3. The van der Waals surface area contributed by atoms with Crippen LogP contribution in [0, 0.1) is 0 Å². The number of hydrogen-bond acceptors (Lipinski definition) is 9. The highest BCUT2D eigenvalue weighted by Crippen LogP contribution is 2.35. The second-order valence-corrected chi connectivity index (χ2v) is 9.87. The molecule has 2 aromatic heterocycles. The summed E-state index contributed by atoms with van der Waals surface area (Å²) < 4.78 is 39.0. The molecular weight excluding hydrogens is 494 g/mol. The number of thiazole rings is 1. The number of anilines is 2. The zero-order valence-electron chi connectivity index (χ0n) is 17.9. The van der Waals surface area contributed by atoms with Crippen molar-refractivity contribution in [2.75, 3.05) is 16.8 Å². The maximum absolute atomic E-state index is 12.5. The number of carbonyl (C=O) groups is 1. The van der Waals surface area contributed by atoms with Gasteiger partial charge in [0.05, 0.1) is 10.6 Å². The SMILES string of the molecule is O=C(Cn1nc(-c2ccc3c(c2)OCO3)ccc1=O)Nc1ccc(S(=O)(=O)Nc2nccs2)cc1. The molecular formula is C22H17N5O6S2. The predicted molar refractivity (Wildman–Crippen MR) is 128 cm³/mol. The summed E-state index contributed by atoms with van der Waals surface area (Å²) in [5.74, 6) is 0.699. The third-order valence-electron chi connectivity index (χ3n) is 4.93. The summed E-state index contributed by atoms with van der Waals surface area (Å²) in [5.41, 5.74) is 1.10. The Kier molecular flexibility index (Phi) is 5.93. The molecule has 0 aliphatic carbocycles. The lowest BCUT2D eigenvalue weighted by atomic mass is 10.1. The molecule has 0 atom stereocenters. The molecule has 2 N–H and O–H groups in total. The highest BCUT2D eigenvalue weighted by atomic mass is 32.2. The summed E-state index contributed by atoms with van der Waals surface area (Å²) in [7, 11) is -3.80. The fraction of sp³-hybridized carbons (Fsp3) is 0.0909. The van der Waals surface area contributed by atoms with Gasteiger partial charge in [-0.3, -0.25) is 14.3 Å². The molecule has 0 saturated carbocycles. The minimum absolute atomic E-state index is 0.0139. The molecule has 13 heteroatoms. The standard InChI is InChI=1S/C22H17N5O6S2/c28-20(24-15-2-4-16(5-3-15)35(30,31)26-22-23-9-10-34-22)12-27-21(29)8-6-17(25-27)14-1-7-18-19(11-14)33-13-32-18/h1-11H,12-13H2,(H,23,26)(H,24,28). The van der Waals surface area contributed by atoms with E-state index in [1.54, 1.807) is 29.6 Å². The van der Waals surface area contributed by atoms with Crippen molar-refractivity contribution in [3.8, 4) is 22.8 Å². The Balaban J connectivity index is 1.27. The van der Waals surface area contributed by atoms with Gasteiger partial charge in [0.2, 0.25) is 12.7 Å². The zero-order valence-corrected chi connectivity index (χ0v) is 19.5. The second kappa shape index (κ2) is 9.19. The van der Waals surface area contributed by atoms with Crippen molar-refractivity contribution in [1.29, 1.82) is 0 Å². The van der Waals surface area contributed by atoms with Crippen molar-refractivity contribution in [2.45, 2.75) is 11.4 Å². The van der Waals surface area contributed by atoms with Crippen LogP contribution in [-0.4, -0.2) is 35.9 Å². The average Bonchev–Trinajstić information content (AvgIpc) is 3.52. The maximum Gasteiger partial charge on any atom is 0.267 e. The van der Waals surface area contributed by atoms with Gasteiger partial charge in [-0.25, -0.2) is 18.1 Å². The second-order valence-electron chi connectivity index (χ2n) is 7.30. The Morgan fingerprint density at radius 1 is 1.06 bits per heavy atom. The lowest BCUT2D eigenvalue weighted by Gasteiger charge is -2.10. The number of carbonyl (C=O) groups excluding carboxylic acids is 1. The molecule has 1 aliphatic rings. The highest BCUT2D eigenvalue weighted by Gasteiger charge is 2.17. The molecule has 0 fully saturated rings. The summed E-state index contributed by atoms with van der Waals surface area (Å²) in [6.45, 7) is -0.190. The molecule has 1 aliphatic heterocycles. The van der Waals surface area contributed by atoms with Gasteiger partial charge in [0.1, 0.15) is 6.54 Å². The topological polar surface area (TPSA) is 142 Å². The molecule has 0 radical (unpaired) electrons. The van der Waals surface area contributed by atoms with E-state index in [-0.39, 0.29) is 23.4 Å². The van der Waals surface area contributed by atoms with E-state index in [2.05, 4.69) is 20.1 Å². The smallest absolute Gasteiger partial charge is 0.267 e. The first kappa shape index (κ1) is 22.6. The number of ether oxygens (including phenoxy) is 2. The third kappa shape index (κ3) is 5.00. The van der Waals surface area contributed by atoms with E-state index in [9.17, 15) is 18.0 Å². The molecule has 0 spiro atoms. The van der Waals surface area contributed by atoms with E-state index in [0.717, 1.165) is 16.0 Å². The van der Waals surface area contributed by atoms with Gasteiger partial charge < -0.3 is 14.8 Å². The molecule has 4 aromatic rings. The van der Waals surface area contributed by atoms with Crippen LogP contribution in [0.5, 0.6) is 11.5 Å². The highest BCUT2D eigenvalue weighted by molar-refractivity contribution is 7.93. The minimum atomic E-state index is -3.80. The molecule has 178 valence electrons. The molecule has 5 rings (SSSR count). The largest absolute Gasteiger partial charge is 0.454 e. The number of benzene rings is 2. The summed E-state index contributed by atoms with van der Waals surface area (Å²) in [6, 6.07) is 13.8. The van der Waals surface area contributed by atoms with E-state index in [1.165, 1.54) is 36.5 Å². The lowest BCUT2D eigenvalue weighted by molar-refractivity contribution is -0.117. The number of sulfonamides is 1. The van der Waals surface area contributed by atoms with Gasteiger partial charge in [-0.1, -0.05) is 0 Å². The van der Waals surface area contributed by atoms with Crippen LogP contribution in [0.15, 0.2) is 75.9 Å². The van der Waals surface area contributed by atoms with Crippen LogP contribution in [0.1, 0.15) is 0 Å². The van der Waals surface area contributed by atoms with Gasteiger partial charge in [0, 0.05) is 28.9 Å². The van der Waals surface area contributed by atoms with Crippen molar-refractivity contribution in [3.63, 3.8) is 0 Å². The molecule has 0 saturated heterocycles. The van der Waals surface area contributed by atoms with Crippen LogP contribution in [0.2, 0.25) is 0 Å². The number of amides is 1. The van der Waals surface area contributed by atoms with Crippen molar-refractivity contribution in [1.82, 2.24) is 14.8 Å². The Labute approximate surface area is 203 Å². The fourth-order valence-corrected chi connectivity index (χ4v) is 5.06. The lowest BCUT2D eigenvalue weighted by Crippen LogP contribution is -2.29. The van der Waals surface area contributed by atoms with Gasteiger partial charge in [-0.15, -0.1) is 11.3 Å². The normalized spacial score (nSPS) is 12.3. The van der Waals surface area contributed by atoms with Gasteiger partial charge in [-0.2, -0.15) is 5.10 Å². The number of fused-ring (bicyclic) bond motifs is 1. The third-order valence-corrected chi connectivity index (χ3v) is 7.10. The molecule has 0 bridgehead atoms. The van der Waals surface area contributed by atoms with E-state index in [0.29, 0.717) is 28.4 Å². The van der Waals surface area contributed by atoms with Gasteiger partial charge in [0.25, 0.3) is 15.6 Å². The first-order valence-corrected chi connectivity index (χ1v) is 12.5. The first-order chi connectivity index (χ1) is 16.9. The molecule has 0 unspecified atom stereocenters. The predicted octanol–water partition coefficient (Wildman–Crippen LogP) is 2.54. The molecule has 3 heterocycles. The van der Waals surface area contributed by atoms with Crippen molar-refractivity contribution in [3.05, 3.63) is 76.5 Å².